The molecule has 0 aliphatic carbocycles. The number of hydrogen-bond donors (Lipinski definition) is 2. The highest BCUT2D eigenvalue weighted by molar-refractivity contribution is 7.80. The predicted octanol–water partition coefficient (Wildman–Crippen LogP) is 5.20. The predicted molar refractivity (Wildman–Crippen MR) is 125 cm³/mol. The normalized spacial score (nSPS) is 11.0. The molecule has 0 atom stereocenters. The minimum atomic E-state index is -0.588. The summed E-state index contributed by atoms with van der Waals surface area (Å²) in [4.78, 5) is 24.0. The molecule has 2 aromatic carbocycles. The Morgan fingerprint density at radius 1 is 1.07 bits per heavy atom. The van der Waals surface area contributed by atoms with Crippen LogP contribution in [0, 0.1) is 19.3 Å². The van der Waals surface area contributed by atoms with Crippen LogP contribution in [0.1, 0.15) is 55.1 Å². The third-order valence-electron chi connectivity index (χ3n) is 4.94. The first kappa shape index (κ1) is 23.5. The number of anilines is 1. The quantitative estimate of drug-likeness (QED) is 0.345. The summed E-state index contributed by atoms with van der Waals surface area (Å²) in [6.07, 6.45) is 1.42. The maximum absolute atomic E-state index is 12.6. The van der Waals surface area contributed by atoms with Crippen molar-refractivity contribution >= 4 is 34.7 Å². The van der Waals surface area contributed by atoms with Gasteiger partial charge in [0.15, 0.2) is 10.9 Å². The van der Waals surface area contributed by atoms with Crippen molar-refractivity contribution in [3.63, 3.8) is 0 Å². The summed E-state index contributed by atoms with van der Waals surface area (Å²) in [5.41, 5.74) is 3.01. The zero-order chi connectivity index (χ0) is 22.3. The van der Waals surface area contributed by atoms with Gasteiger partial charge in [0, 0.05) is 16.7 Å². The molecule has 6 heteroatoms. The van der Waals surface area contributed by atoms with Gasteiger partial charge < -0.3 is 15.4 Å². The maximum atomic E-state index is 12.6. The highest BCUT2D eigenvalue weighted by Crippen LogP contribution is 2.24. The average Bonchev–Trinajstić information content (AvgIpc) is 2.68. The molecule has 0 fully saturated rings. The number of carbonyl (C=O) groups excluding carboxylic acids is 2. The van der Waals surface area contributed by atoms with E-state index in [0.29, 0.717) is 24.3 Å². The molecular formula is C24H30N2O3S. The Labute approximate surface area is 184 Å². The first-order valence-electron chi connectivity index (χ1n) is 10.0. The van der Waals surface area contributed by atoms with Crippen LogP contribution in [0.5, 0.6) is 5.75 Å². The molecule has 0 bridgehead atoms. The van der Waals surface area contributed by atoms with E-state index in [4.69, 9.17) is 17.0 Å². The molecule has 1 amide bonds. The van der Waals surface area contributed by atoms with Gasteiger partial charge in [0.05, 0.1) is 6.61 Å². The first-order valence-corrected chi connectivity index (χ1v) is 10.4. The topological polar surface area (TPSA) is 67.4 Å². The zero-order valence-electron chi connectivity index (χ0n) is 18.3. The SMILES string of the molecule is CC(=O)c1ccc(NC(=S)NC(=O)C(C)(C)CCCOc2cc(C)ccc2C)cc1. The third-order valence-corrected chi connectivity index (χ3v) is 5.14. The van der Waals surface area contributed by atoms with Gasteiger partial charge in [-0.05, 0) is 87.3 Å². The summed E-state index contributed by atoms with van der Waals surface area (Å²) in [6.45, 7) is 9.91. The summed E-state index contributed by atoms with van der Waals surface area (Å²) >= 11 is 5.26. The van der Waals surface area contributed by atoms with E-state index in [2.05, 4.69) is 16.7 Å². The second-order valence-electron chi connectivity index (χ2n) is 8.15. The Bertz CT molecular complexity index is 921. The van der Waals surface area contributed by atoms with Crippen molar-refractivity contribution in [1.82, 2.24) is 5.32 Å². The number of amides is 1. The van der Waals surface area contributed by atoms with E-state index in [0.717, 1.165) is 23.3 Å². The highest BCUT2D eigenvalue weighted by atomic mass is 32.1. The number of Topliss-reactive ketones (excluding diaryl/α,β-unsaturated/α-hetero) is 1. The Balaban J connectivity index is 1.80. The molecule has 0 unspecified atom stereocenters. The first-order chi connectivity index (χ1) is 14.1. The largest absolute Gasteiger partial charge is 0.493 e. The third kappa shape index (κ3) is 6.95. The molecule has 0 spiro atoms. The van der Waals surface area contributed by atoms with Crippen molar-refractivity contribution in [2.75, 3.05) is 11.9 Å². The molecule has 5 nitrogen and oxygen atoms in total. The number of carbonyl (C=O) groups is 2. The molecule has 2 rings (SSSR count). The Kier molecular flexibility index (Phi) is 8.12. The molecule has 30 heavy (non-hydrogen) atoms. The molecule has 2 aromatic rings. The van der Waals surface area contributed by atoms with Crippen LogP contribution in [0.15, 0.2) is 42.5 Å². The molecule has 0 saturated heterocycles. The van der Waals surface area contributed by atoms with Crippen molar-refractivity contribution in [3.8, 4) is 5.75 Å². The number of ketones is 1. The van der Waals surface area contributed by atoms with Gasteiger partial charge in [0.1, 0.15) is 5.75 Å². The lowest BCUT2D eigenvalue weighted by molar-refractivity contribution is -0.128. The number of hydrogen-bond acceptors (Lipinski definition) is 4. The van der Waals surface area contributed by atoms with Crippen molar-refractivity contribution in [3.05, 3.63) is 59.2 Å². The van der Waals surface area contributed by atoms with Crippen LogP contribution in [0.4, 0.5) is 5.69 Å². The van der Waals surface area contributed by atoms with Crippen LogP contribution in [-0.4, -0.2) is 23.4 Å². The van der Waals surface area contributed by atoms with Gasteiger partial charge >= 0.3 is 0 Å². The van der Waals surface area contributed by atoms with Gasteiger partial charge in [0.2, 0.25) is 5.91 Å². The Hall–Kier alpha value is -2.73. The minimum absolute atomic E-state index is 0.000665. The van der Waals surface area contributed by atoms with Crippen LogP contribution in [0.25, 0.3) is 0 Å². The summed E-state index contributed by atoms with van der Waals surface area (Å²) < 4.78 is 5.89. The number of thiocarbonyl (C=S) groups is 1. The van der Waals surface area contributed by atoms with Crippen LogP contribution in [0.3, 0.4) is 0 Å². The average molecular weight is 427 g/mol. The van der Waals surface area contributed by atoms with E-state index < -0.39 is 5.41 Å². The molecular weight excluding hydrogens is 396 g/mol. The van der Waals surface area contributed by atoms with Gasteiger partial charge in [-0.3, -0.25) is 9.59 Å². The van der Waals surface area contributed by atoms with Gasteiger partial charge in [-0.1, -0.05) is 26.0 Å². The molecule has 0 radical (unpaired) electrons. The lowest BCUT2D eigenvalue weighted by atomic mass is 9.87. The van der Waals surface area contributed by atoms with E-state index >= 15 is 0 Å². The lowest BCUT2D eigenvalue weighted by Crippen LogP contribution is -2.42. The summed E-state index contributed by atoms with van der Waals surface area (Å²) in [7, 11) is 0. The number of benzene rings is 2. The van der Waals surface area contributed by atoms with E-state index in [-0.39, 0.29) is 16.8 Å². The van der Waals surface area contributed by atoms with Crippen LogP contribution in [-0.2, 0) is 4.79 Å². The van der Waals surface area contributed by atoms with E-state index in [1.54, 1.807) is 24.3 Å². The van der Waals surface area contributed by atoms with Gasteiger partial charge in [-0.2, -0.15) is 0 Å². The molecule has 160 valence electrons. The van der Waals surface area contributed by atoms with Crippen molar-refractivity contribution < 1.29 is 14.3 Å². The number of nitrogens with one attached hydrogen (secondary N) is 2. The minimum Gasteiger partial charge on any atom is -0.493 e. The fourth-order valence-corrected chi connectivity index (χ4v) is 3.11. The Morgan fingerprint density at radius 3 is 2.37 bits per heavy atom. The smallest absolute Gasteiger partial charge is 0.231 e. The maximum Gasteiger partial charge on any atom is 0.231 e. The number of ether oxygens (including phenoxy) is 1. The van der Waals surface area contributed by atoms with Gasteiger partial charge in [-0.15, -0.1) is 0 Å². The van der Waals surface area contributed by atoms with E-state index in [9.17, 15) is 9.59 Å². The van der Waals surface area contributed by atoms with Gasteiger partial charge in [-0.25, -0.2) is 0 Å². The molecule has 2 N–H and O–H groups in total. The number of aryl methyl sites for hydroxylation is 2. The lowest BCUT2D eigenvalue weighted by Gasteiger charge is -2.24. The number of rotatable bonds is 8. The van der Waals surface area contributed by atoms with Gasteiger partial charge in [0.25, 0.3) is 0 Å². The monoisotopic (exact) mass is 426 g/mol. The standard InChI is InChI=1S/C24H30N2O3S/c1-16-7-8-17(2)21(15-16)29-14-6-13-24(4,5)22(28)26-23(30)25-20-11-9-19(10-12-20)18(3)27/h7-12,15H,6,13-14H2,1-5H3,(H2,25,26,28,30). The van der Waals surface area contributed by atoms with Crippen LogP contribution in [0.2, 0.25) is 0 Å². The van der Waals surface area contributed by atoms with E-state index in [1.807, 2.05) is 39.8 Å². The fraction of sp³-hybridized carbons (Fsp3) is 0.375. The van der Waals surface area contributed by atoms with E-state index in [1.165, 1.54) is 6.92 Å². The van der Waals surface area contributed by atoms with Crippen molar-refractivity contribution in [1.29, 1.82) is 0 Å². The van der Waals surface area contributed by atoms with Crippen molar-refractivity contribution in [2.45, 2.75) is 47.5 Å². The zero-order valence-corrected chi connectivity index (χ0v) is 19.1. The van der Waals surface area contributed by atoms with Crippen LogP contribution < -0.4 is 15.4 Å². The second-order valence-corrected chi connectivity index (χ2v) is 8.55. The Morgan fingerprint density at radius 2 is 1.73 bits per heavy atom. The second kappa shape index (κ2) is 10.3. The van der Waals surface area contributed by atoms with Crippen molar-refractivity contribution in [2.24, 2.45) is 5.41 Å². The van der Waals surface area contributed by atoms with Crippen LogP contribution >= 0.6 is 12.2 Å². The molecule has 0 aliphatic rings. The molecule has 0 saturated carbocycles. The summed E-state index contributed by atoms with van der Waals surface area (Å²) in [6, 6.07) is 13.1. The molecule has 0 aliphatic heterocycles. The fourth-order valence-electron chi connectivity index (χ4n) is 2.90. The summed E-state index contributed by atoms with van der Waals surface area (Å²) in [5.74, 6) is 0.742. The molecule has 0 heterocycles. The summed E-state index contributed by atoms with van der Waals surface area (Å²) in [5, 5.41) is 5.96. The highest BCUT2D eigenvalue weighted by Gasteiger charge is 2.27. The molecule has 0 aromatic heterocycles.